The Kier molecular flexibility index (Phi) is 4.79. The Morgan fingerprint density at radius 2 is 2.04 bits per heavy atom. The van der Waals surface area contributed by atoms with Gasteiger partial charge >= 0.3 is 0 Å². The fourth-order valence-electron chi connectivity index (χ4n) is 3.51. The molecule has 3 heterocycles. The summed E-state index contributed by atoms with van der Waals surface area (Å²) in [5.41, 5.74) is 2.02. The second-order valence-corrected chi connectivity index (χ2v) is 10.2. The minimum atomic E-state index is 0.0203. The molecule has 4 nitrogen and oxygen atoms in total. The van der Waals surface area contributed by atoms with E-state index >= 15 is 0 Å². The lowest BCUT2D eigenvalue weighted by Gasteiger charge is -2.10. The summed E-state index contributed by atoms with van der Waals surface area (Å²) in [6, 6.07) is 1.95. The number of Topliss-reactive ketones (excluding diaryl/α,β-unsaturated/α-hetero) is 1. The predicted octanol–water partition coefficient (Wildman–Crippen LogP) is 4.53. The van der Waals surface area contributed by atoms with Crippen molar-refractivity contribution >= 4 is 50.4 Å². The highest BCUT2D eigenvalue weighted by atomic mass is 32.2. The van der Waals surface area contributed by atoms with Crippen molar-refractivity contribution < 1.29 is 4.79 Å². The Balaban J connectivity index is 1.65. The number of rotatable bonds is 4. The summed E-state index contributed by atoms with van der Waals surface area (Å²) in [5, 5.41) is 1.42. The molecule has 0 unspecified atom stereocenters. The van der Waals surface area contributed by atoms with Crippen LogP contribution in [0.3, 0.4) is 0 Å². The third kappa shape index (κ3) is 3.06. The van der Waals surface area contributed by atoms with Crippen molar-refractivity contribution in [2.75, 3.05) is 5.75 Å². The van der Waals surface area contributed by atoms with E-state index in [1.165, 1.54) is 28.6 Å². The smallest absolute Gasteiger partial charge is 0.262 e. The minimum absolute atomic E-state index is 0.0203. The lowest BCUT2D eigenvalue weighted by molar-refractivity contribution is 0.102. The van der Waals surface area contributed by atoms with Gasteiger partial charge in [-0.3, -0.25) is 14.2 Å². The van der Waals surface area contributed by atoms with Crippen LogP contribution in [-0.2, 0) is 19.9 Å². The number of thioether (sulfide) groups is 1. The van der Waals surface area contributed by atoms with Gasteiger partial charge in [0, 0.05) is 27.2 Å². The molecule has 1 aliphatic carbocycles. The molecule has 0 radical (unpaired) electrons. The van der Waals surface area contributed by atoms with Gasteiger partial charge in [0.1, 0.15) is 4.83 Å². The summed E-state index contributed by atoms with van der Waals surface area (Å²) in [4.78, 5) is 34.5. The van der Waals surface area contributed by atoms with Crippen molar-refractivity contribution in [3.05, 3.63) is 42.2 Å². The third-order valence-electron chi connectivity index (χ3n) is 4.83. The average Bonchev–Trinajstić information content (AvgIpc) is 3.15. The lowest BCUT2D eigenvalue weighted by Crippen LogP contribution is -2.21. The Morgan fingerprint density at radius 1 is 1.27 bits per heavy atom. The molecule has 0 saturated heterocycles. The number of thiophene rings is 2. The summed E-state index contributed by atoms with van der Waals surface area (Å²) < 4.78 is 1.60. The number of ketones is 1. The first-order valence-corrected chi connectivity index (χ1v) is 11.3. The number of fused-ring (bicyclic) bond motifs is 3. The van der Waals surface area contributed by atoms with Crippen molar-refractivity contribution in [2.24, 2.45) is 7.05 Å². The van der Waals surface area contributed by atoms with E-state index in [4.69, 9.17) is 4.98 Å². The molecular weight excluding hydrogens is 384 g/mol. The maximum atomic E-state index is 12.9. The van der Waals surface area contributed by atoms with Crippen LogP contribution in [0, 0.1) is 13.8 Å². The number of aromatic nitrogens is 2. The van der Waals surface area contributed by atoms with Crippen molar-refractivity contribution in [3.63, 3.8) is 0 Å². The van der Waals surface area contributed by atoms with E-state index in [0.717, 1.165) is 44.8 Å². The quantitative estimate of drug-likeness (QED) is 0.364. The molecule has 0 N–H and O–H groups in total. The average molecular weight is 405 g/mol. The minimum Gasteiger partial charge on any atom is -0.293 e. The van der Waals surface area contributed by atoms with Gasteiger partial charge in [0.2, 0.25) is 0 Å². The molecule has 0 saturated carbocycles. The number of nitrogens with zero attached hydrogens (tertiary/aromatic N) is 2. The highest BCUT2D eigenvalue weighted by Crippen LogP contribution is 2.34. The second kappa shape index (κ2) is 6.94. The third-order valence-corrected chi connectivity index (χ3v) is 8.01. The first-order valence-electron chi connectivity index (χ1n) is 8.70. The summed E-state index contributed by atoms with van der Waals surface area (Å²) in [6.45, 7) is 3.99. The van der Waals surface area contributed by atoms with Crippen LogP contribution in [0.25, 0.3) is 10.2 Å². The van der Waals surface area contributed by atoms with Crippen LogP contribution in [0.4, 0.5) is 0 Å². The van der Waals surface area contributed by atoms with Gasteiger partial charge < -0.3 is 0 Å². The van der Waals surface area contributed by atoms with Crippen LogP contribution in [-0.4, -0.2) is 21.1 Å². The summed E-state index contributed by atoms with van der Waals surface area (Å²) in [5.74, 6) is 0.394. The molecule has 3 aromatic heterocycles. The summed E-state index contributed by atoms with van der Waals surface area (Å²) >= 11 is 4.65. The number of hydrogen-bond acceptors (Lipinski definition) is 6. The van der Waals surface area contributed by atoms with Crippen molar-refractivity contribution in [3.8, 4) is 0 Å². The van der Waals surface area contributed by atoms with Crippen LogP contribution in [0.15, 0.2) is 16.0 Å². The molecule has 0 amide bonds. The van der Waals surface area contributed by atoms with Gasteiger partial charge in [0.05, 0.1) is 11.1 Å². The Hall–Kier alpha value is -1.44. The van der Waals surface area contributed by atoms with E-state index in [2.05, 4.69) is 0 Å². The van der Waals surface area contributed by atoms with Gasteiger partial charge in [0.15, 0.2) is 10.9 Å². The van der Waals surface area contributed by atoms with Gasteiger partial charge in [-0.25, -0.2) is 4.98 Å². The summed E-state index contributed by atoms with van der Waals surface area (Å²) in [6.07, 6.45) is 4.37. The Labute approximate surface area is 164 Å². The molecule has 7 heteroatoms. The maximum absolute atomic E-state index is 12.9. The molecule has 1 aliphatic rings. The van der Waals surface area contributed by atoms with Crippen molar-refractivity contribution in [1.29, 1.82) is 0 Å². The molecule has 0 spiro atoms. The fraction of sp³-hybridized carbons (Fsp3) is 0.421. The number of carbonyl (C=O) groups excluding carboxylic acids is 1. The normalized spacial score (nSPS) is 14.0. The SMILES string of the molecule is Cc1cc(C(=O)CSc2nc3sc4c(c3c(=O)n2C)CCCC4)c(C)s1. The topological polar surface area (TPSA) is 52.0 Å². The van der Waals surface area contributed by atoms with Crippen LogP contribution in [0.1, 0.15) is 43.4 Å². The molecule has 0 aliphatic heterocycles. The first-order chi connectivity index (χ1) is 12.5. The zero-order valence-electron chi connectivity index (χ0n) is 15.0. The summed E-state index contributed by atoms with van der Waals surface area (Å²) in [7, 11) is 1.76. The van der Waals surface area contributed by atoms with Crippen LogP contribution >= 0.6 is 34.4 Å². The van der Waals surface area contributed by atoms with E-state index in [1.807, 2.05) is 19.9 Å². The van der Waals surface area contributed by atoms with Gasteiger partial charge in [0.25, 0.3) is 5.56 Å². The number of hydrogen-bond donors (Lipinski definition) is 0. The molecule has 0 bridgehead atoms. The Morgan fingerprint density at radius 3 is 2.77 bits per heavy atom. The van der Waals surface area contributed by atoms with E-state index in [0.29, 0.717) is 10.9 Å². The molecule has 0 aromatic carbocycles. The predicted molar refractivity (Wildman–Crippen MR) is 110 cm³/mol. The van der Waals surface area contributed by atoms with E-state index in [1.54, 1.807) is 34.3 Å². The highest BCUT2D eigenvalue weighted by Gasteiger charge is 2.22. The maximum Gasteiger partial charge on any atom is 0.262 e. The molecule has 136 valence electrons. The van der Waals surface area contributed by atoms with Crippen LogP contribution < -0.4 is 5.56 Å². The van der Waals surface area contributed by atoms with Gasteiger partial charge in [-0.05, 0) is 51.2 Å². The highest BCUT2D eigenvalue weighted by molar-refractivity contribution is 7.99. The molecule has 3 aromatic rings. The molecular formula is C19H20N2O2S3. The van der Waals surface area contributed by atoms with Gasteiger partial charge in [-0.2, -0.15) is 0 Å². The van der Waals surface area contributed by atoms with Crippen molar-refractivity contribution in [1.82, 2.24) is 9.55 Å². The number of aryl methyl sites for hydroxylation is 4. The van der Waals surface area contributed by atoms with Gasteiger partial charge in [-0.15, -0.1) is 22.7 Å². The molecule has 0 atom stereocenters. The monoisotopic (exact) mass is 404 g/mol. The molecule has 4 rings (SSSR count). The molecule has 0 fully saturated rings. The number of carbonyl (C=O) groups is 1. The van der Waals surface area contributed by atoms with Crippen LogP contribution in [0.5, 0.6) is 0 Å². The van der Waals surface area contributed by atoms with E-state index in [9.17, 15) is 9.59 Å². The Bertz CT molecular complexity index is 1070. The van der Waals surface area contributed by atoms with Gasteiger partial charge in [-0.1, -0.05) is 11.8 Å². The lowest BCUT2D eigenvalue weighted by atomic mass is 9.97. The zero-order valence-corrected chi connectivity index (χ0v) is 17.5. The fourth-order valence-corrected chi connectivity index (χ4v) is 6.61. The van der Waals surface area contributed by atoms with Crippen LogP contribution in [0.2, 0.25) is 0 Å². The second-order valence-electron chi connectivity index (χ2n) is 6.69. The van der Waals surface area contributed by atoms with Crippen molar-refractivity contribution in [2.45, 2.75) is 44.7 Å². The zero-order chi connectivity index (χ0) is 18.4. The standard InChI is InChI=1S/C19H20N2O2S3/c1-10-8-13(11(2)25-10)14(22)9-24-19-20-17-16(18(23)21(19)3)12-6-4-5-7-15(12)26-17/h8H,4-7,9H2,1-3H3. The van der Waals surface area contributed by atoms with E-state index in [-0.39, 0.29) is 11.3 Å². The largest absolute Gasteiger partial charge is 0.293 e. The first kappa shape index (κ1) is 17.9. The van der Waals surface area contributed by atoms with E-state index < -0.39 is 0 Å². The molecule has 26 heavy (non-hydrogen) atoms.